The molecular weight excluding hydrogens is 638 g/mol. The van der Waals surface area contributed by atoms with E-state index in [0.717, 1.165) is 116 Å². The number of hydrogen-bond acceptors (Lipinski definition) is 7. The highest BCUT2D eigenvalue weighted by Crippen LogP contribution is 2.18. The number of rotatable bonds is 38. The number of ether oxygens (including phenoxy) is 3. The molecule has 0 aliphatic rings. The van der Waals surface area contributed by atoms with E-state index in [0.29, 0.717) is 38.5 Å². The standard InChI is InChI=1S/C44H81NO6/c1-5-8-10-12-14-22-30-38-49-42(46)35-26-20-16-18-24-33-41(51-44(48)37-29-28-32-40(7-3)45-4)34-25-19-17-21-27-36-43(47)50-39-31-23-15-13-11-9-6-2/h22-23,30-31,40-41,45H,5-21,24-29,32-39H2,1-4H3/b30-22-,31-23-. The molecule has 7 nitrogen and oxygen atoms in total. The number of carbonyl (C=O) groups excluding carboxylic acids is 3. The van der Waals surface area contributed by atoms with Crippen LogP contribution in [0.25, 0.3) is 0 Å². The largest absolute Gasteiger partial charge is 0.462 e. The van der Waals surface area contributed by atoms with Gasteiger partial charge < -0.3 is 19.5 Å². The Morgan fingerprint density at radius 1 is 0.490 bits per heavy atom. The molecule has 0 fully saturated rings. The maximum Gasteiger partial charge on any atom is 0.306 e. The van der Waals surface area contributed by atoms with Crippen molar-refractivity contribution in [3.05, 3.63) is 24.3 Å². The molecule has 0 heterocycles. The molecule has 0 aromatic heterocycles. The van der Waals surface area contributed by atoms with E-state index in [1.807, 2.05) is 19.2 Å². The van der Waals surface area contributed by atoms with E-state index in [1.54, 1.807) is 0 Å². The lowest BCUT2D eigenvalue weighted by Crippen LogP contribution is -2.24. The fourth-order valence-electron chi connectivity index (χ4n) is 6.24. The summed E-state index contributed by atoms with van der Waals surface area (Å²) in [5.74, 6) is -0.276. The second kappa shape index (κ2) is 39.1. The topological polar surface area (TPSA) is 90.9 Å². The molecule has 0 aromatic carbocycles. The fourth-order valence-corrected chi connectivity index (χ4v) is 6.24. The molecule has 0 amide bonds. The van der Waals surface area contributed by atoms with Crippen LogP contribution >= 0.6 is 0 Å². The minimum absolute atomic E-state index is 0.0254. The van der Waals surface area contributed by atoms with Crippen LogP contribution in [0.3, 0.4) is 0 Å². The zero-order chi connectivity index (χ0) is 37.5. The molecule has 0 spiro atoms. The highest BCUT2D eigenvalue weighted by atomic mass is 16.5. The molecule has 0 radical (unpaired) electrons. The summed E-state index contributed by atoms with van der Waals surface area (Å²) in [6.07, 6.45) is 37.8. The number of hydrogen-bond donors (Lipinski definition) is 1. The average molecular weight is 720 g/mol. The van der Waals surface area contributed by atoms with Gasteiger partial charge in [-0.1, -0.05) is 129 Å². The zero-order valence-electron chi connectivity index (χ0n) is 33.8. The molecule has 0 aliphatic carbocycles. The van der Waals surface area contributed by atoms with Crippen molar-refractivity contribution in [3.63, 3.8) is 0 Å². The van der Waals surface area contributed by atoms with Crippen LogP contribution in [-0.2, 0) is 28.6 Å². The molecule has 1 atom stereocenters. The molecule has 51 heavy (non-hydrogen) atoms. The second-order valence-corrected chi connectivity index (χ2v) is 14.4. The van der Waals surface area contributed by atoms with Gasteiger partial charge in [-0.3, -0.25) is 14.4 Å². The van der Waals surface area contributed by atoms with Crippen molar-refractivity contribution in [1.29, 1.82) is 0 Å². The lowest BCUT2D eigenvalue weighted by Gasteiger charge is -2.18. The summed E-state index contributed by atoms with van der Waals surface area (Å²) in [6.45, 7) is 7.39. The molecule has 0 aromatic rings. The number of unbranched alkanes of at least 4 members (excludes halogenated alkanes) is 17. The summed E-state index contributed by atoms with van der Waals surface area (Å²) in [7, 11) is 2.00. The van der Waals surface area contributed by atoms with Gasteiger partial charge >= 0.3 is 17.9 Å². The SMILES string of the molecule is CCCCCC/C=C\COC(=O)CCCCCCCC(CCCCCCCC(=O)OC/C=C\CCCCCC)OC(=O)CCCCC(CC)NC. The summed E-state index contributed by atoms with van der Waals surface area (Å²) in [4.78, 5) is 36.8. The summed E-state index contributed by atoms with van der Waals surface area (Å²) >= 11 is 0. The van der Waals surface area contributed by atoms with Crippen molar-refractivity contribution in [2.45, 2.75) is 219 Å². The number of esters is 3. The average Bonchev–Trinajstić information content (AvgIpc) is 3.12. The Hall–Kier alpha value is -2.15. The van der Waals surface area contributed by atoms with E-state index in [1.165, 1.54) is 51.4 Å². The van der Waals surface area contributed by atoms with Crippen LogP contribution in [-0.4, -0.2) is 50.3 Å². The molecule has 0 bridgehead atoms. The molecule has 7 heteroatoms. The van der Waals surface area contributed by atoms with Gasteiger partial charge in [0.05, 0.1) is 0 Å². The first kappa shape index (κ1) is 48.9. The molecule has 1 N–H and O–H groups in total. The van der Waals surface area contributed by atoms with Gasteiger partial charge in [-0.05, 0) is 90.5 Å². The maximum atomic E-state index is 12.7. The highest BCUT2D eigenvalue weighted by molar-refractivity contribution is 5.70. The Balaban J connectivity index is 4.26. The molecule has 1 unspecified atom stereocenters. The van der Waals surface area contributed by atoms with E-state index >= 15 is 0 Å². The van der Waals surface area contributed by atoms with Crippen molar-refractivity contribution in [3.8, 4) is 0 Å². The Morgan fingerprint density at radius 2 is 0.902 bits per heavy atom. The molecular formula is C44H81NO6. The summed E-state index contributed by atoms with van der Waals surface area (Å²) in [5, 5.41) is 3.34. The van der Waals surface area contributed by atoms with Crippen molar-refractivity contribution < 1.29 is 28.6 Å². The quantitative estimate of drug-likeness (QED) is 0.0294. The number of nitrogens with one attached hydrogen (secondary N) is 1. The van der Waals surface area contributed by atoms with E-state index in [2.05, 4.69) is 38.2 Å². The summed E-state index contributed by atoms with van der Waals surface area (Å²) in [5.41, 5.74) is 0. The van der Waals surface area contributed by atoms with Crippen LogP contribution < -0.4 is 5.32 Å². The van der Waals surface area contributed by atoms with Gasteiger partial charge in [-0.2, -0.15) is 0 Å². The van der Waals surface area contributed by atoms with E-state index < -0.39 is 0 Å². The minimum atomic E-state index is -0.107. The smallest absolute Gasteiger partial charge is 0.306 e. The van der Waals surface area contributed by atoms with Crippen molar-refractivity contribution in [2.75, 3.05) is 20.3 Å². The van der Waals surface area contributed by atoms with Crippen molar-refractivity contribution >= 4 is 17.9 Å². The van der Waals surface area contributed by atoms with Crippen LogP contribution in [0.5, 0.6) is 0 Å². The van der Waals surface area contributed by atoms with Gasteiger partial charge in [0.25, 0.3) is 0 Å². The highest BCUT2D eigenvalue weighted by Gasteiger charge is 2.15. The monoisotopic (exact) mass is 720 g/mol. The third-order valence-corrected chi connectivity index (χ3v) is 9.66. The van der Waals surface area contributed by atoms with Crippen LogP contribution in [0.2, 0.25) is 0 Å². The van der Waals surface area contributed by atoms with Gasteiger partial charge in [-0.25, -0.2) is 0 Å². The predicted molar refractivity (Wildman–Crippen MR) is 214 cm³/mol. The Bertz CT molecular complexity index is 801. The first-order chi connectivity index (χ1) is 25.0. The van der Waals surface area contributed by atoms with Crippen LogP contribution in [0.15, 0.2) is 24.3 Å². The third-order valence-electron chi connectivity index (χ3n) is 9.66. The van der Waals surface area contributed by atoms with Crippen LogP contribution in [0.4, 0.5) is 0 Å². The predicted octanol–water partition coefficient (Wildman–Crippen LogP) is 12.1. The molecule has 0 aliphatic heterocycles. The van der Waals surface area contributed by atoms with Crippen molar-refractivity contribution in [1.82, 2.24) is 5.32 Å². The summed E-state index contributed by atoms with van der Waals surface area (Å²) in [6, 6.07) is 0.518. The van der Waals surface area contributed by atoms with Gasteiger partial charge in [-0.15, -0.1) is 0 Å². The second-order valence-electron chi connectivity index (χ2n) is 14.4. The van der Waals surface area contributed by atoms with E-state index in [9.17, 15) is 14.4 Å². The third kappa shape index (κ3) is 36.0. The van der Waals surface area contributed by atoms with Gasteiger partial charge in [0, 0.05) is 25.3 Å². The van der Waals surface area contributed by atoms with E-state index in [-0.39, 0.29) is 24.0 Å². The molecule has 0 rings (SSSR count). The van der Waals surface area contributed by atoms with Crippen LogP contribution in [0, 0.1) is 0 Å². The minimum Gasteiger partial charge on any atom is -0.462 e. The van der Waals surface area contributed by atoms with Crippen LogP contribution in [0.1, 0.15) is 207 Å². The first-order valence-electron chi connectivity index (χ1n) is 21.4. The lowest BCUT2D eigenvalue weighted by atomic mass is 10.0. The Morgan fingerprint density at radius 3 is 1.37 bits per heavy atom. The van der Waals surface area contributed by atoms with Gasteiger partial charge in [0.1, 0.15) is 19.3 Å². The normalized spacial score (nSPS) is 12.3. The zero-order valence-corrected chi connectivity index (χ0v) is 33.8. The molecule has 0 saturated heterocycles. The van der Waals surface area contributed by atoms with E-state index in [4.69, 9.17) is 14.2 Å². The number of carbonyl (C=O) groups is 3. The molecule has 0 saturated carbocycles. The lowest BCUT2D eigenvalue weighted by molar-refractivity contribution is -0.150. The number of allylic oxidation sites excluding steroid dienone is 2. The molecule has 298 valence electrons. The maximum absolute atomic E-state index is 12.7. The van der Waals surface area contributed by atoms with Gasteiger partial charge in [0.15, 0.2) is 0 Å². The Kier molecular flexibility index (Phi) is 37.4. The fraction of sp³-hybridized carbons (Fsp3) is 0.841. The summed E-state index contributed by atoms with van der Waals surface area (Å²) < 4.78 is 16.7. The first-order valence-corrected chi connectivity index (χ1v) is 21.4. The van der Waals surface area contributed by atoms with Crippen molar-refractivity contribution in [2.24, 2.45) is 0 Å². The Labute approximate surface area is 314 Å². The van der Waals surface area contributed by atoms with Gasteiger partial charge in [0.2, 0.25) is 0 Å².